The van der Waals surface area contributed by atoms with Gasteiger partial charge in [0.2, 0.25) is 0 Å². The minimum absolute atomic E-state index is 0.0349. The molecule has 0 bridgehead atoms. The van der Waals surface area contributed by atoms with Crippen LogP contribution in [0.2, 0.25) is 0 Å². The summed E-state index contributed by atoms with van der Waals surface area (Å²) in [7, 11) is 1.84. The summed E-state index contributed by atoms with van der Waals surface area (Å²) < 4.78 is 7.73. The highest BCUT2D eigenvalue weighted by Gasteiger charge is 2.34. The summed E-state index contributed by atoms with van der Waals surface area (Å²) in [5, 5.41) is 15.7. The van der Waals surface area contributed by atoms with Gasteiger partial charge in [0, 0.05) is 57.3 Å². The van der Waals surface area contributed by atoms with E-state index in [9.17, 15) is 0 Å². The number of hydrogen-bond acceptors (Lipinski definition) is 5. The first kappa shape index (κ1) is 22.7. The molecule has 0 saturated carbocycles. The first-order valence-corrected chi connectivity index (χ1v) is 11.9. The molecule has 3 heterocycles. The van der Waals surface area contributed by atoms with Crippen LogP contribution in [0.3, 0.4) is 0 Å². The number of rotatable bonds is 7. The summed E-state index contributed by atoms with van der Waals surface area (Å²) in [6.07, 6.45) is 4.80. The van der Waals surface area contributed by atoms with Crippen molar-refractivity contribution in [2.45, 2.75) is 70.1 Å². The number of fused-ring (bicyclic) bond motifs is 1. The molecule has 8 nitrogen and oxygen atoms in total. The Morgan fingerprint density at radius 3 is 2.78 bits per heavy atom. The van der Waals surface area contributed by atoms with Crippen molar-refractivity contribution in [1.82, 2.24) is 30.7 Å². The molecule has 3 N–H and O–H groups in total. The Morgan fingerprint density at radius 1 is 1.28 bits per heavy atom. The second kappa shape index (κ2) is 10.4. The van der Waals surface area contributed by atoms with Gasteiger partial charge >= 0.3 is 0 Å². The van der Waals surface area contributed by atoms with Crippen molar-refractivity contribution in [1.29, 1.82) is 0 Å². The van der Waals surface area contributed by atoms with E-state index in [1.807, 2.05) is 7.05 Å². The predicted octanol–water partition coefficient (Wildman–Crippen LogP) is 2.22. The van der Waals surface area contributed by atoms with Crippen LogP contribution in [0.1, 0.15) is 56.4 Å². The fourth-order valence-corrected chi connectivity index (χ4v) is 4.69. The van der Waals surface area contributed by atoms with E-state index in [-0.39, 0.29) is 11.6 Å². The second-order valence-electron chi connectivity index (χ2n) is 8.96. The van der Waals surface area contributed by atoms with Crippen molar-refractivity contribution in [2.24, 2.45) is 4.99 Å². The molecule has 1 aromatic heterocycles. The van der Waals surface area contributed by atoms with Crippen molar-refractivity contribution < 1.29 is 4.74 Å². The zero-order valence-corrected chi connectivity index (χ0v) is 19.6. The molecule has 8 heteroatoms. The lowest BCUT2D eigenvalue weighted by Crippen LogP contribution is -2.59. The van der Waals surface area contributed by atoms with Gasteiger partial charge in [0.15, 0.2) is 11.8 Å². The molecule has 0 radical (unpaired) electrons. The molecule has 2 aliphatic heterocycles. The summed E-state index contributed by atoms with van der Waals surface area (Å²) in [5.41, 5.74) is 1.27. The van der Waals surface area contributed by atoms with Gasteiger partial charge in [-0.05, 0) is 31.7 Å². The molecule has 1 aromatic carbocycles. The number of aromatic nitrogens is 3. The Labute approximate surface area is 191 Å². The normalized spacial score (nSPS) is 21.6. The molecular formula is C24H37N7O. The number of nitrogens with zero attached hydrogens (tertiary/aromatic N) is 4. The third-order valence-electron chi connectivity index (χ3n) is 6.65. The second-order valence-corrected chi connectivity index (χ2v) is 8.96. The van der Waals surface area contributed by atoms with Gasteiger partial charge in [-0.2, -0.15) is 5.10 Å². The number of benzene rings is 1. The zero-order valence-electron chi connectivity index (χ0n) is 19.6. The van der Waals surface area contributed by atoms with E-state index in [0.717, 1.165) is 76.0 Å². The highest BCUT2D eigenvalue weighted by molar-refractivity contribution is 5.80. The van der Waals surface area contributed by atoms with Gasteiger partial charge < -0.3 is 20.7 Å². The predicted molar refractivity (Wildman–Crippen MR) is 127 cm³/mol. The van der Waals surface area contributed by atoms with Crippen LogP contribution >= 0.6 is 0 Å². The van der Waals surface area contributed by atoms with E-state index in [2.05, 4.69) is 79.9 Å². The summed E-state index contributed by atoms with van der Waals surface area (Å²) >= 11 is 0. The first-order valence-electron chi connectivity index (χ1n) is 11.9. The Morgan fingerprint density at radius 2 is 2.06 bits per heavy atom. The SMILES string of the molecule is CCc1nc2n(n1)CC(NC(=NC)NCC1(NC(C)c3ccccc3)CCOCC1)CC2. The van der Waals surface area contributed by atoms with Crippen LogP contribution < -0.4 is 16.0 Å². The Bertz CT molecular complexity index is 889. The van der Waals surface area contributed by atoms with Gasteiger partial charge in [-0.3, -0.25) is 4.99 Å². The molecule has 2 unspecified atom stereocenters. The fraction of sp³-hybridized carbons (Fsp3) is 0.625. The minimum atomic E-state index is -0.0349. The first-order chi connectivity index (χ1) is 15.6. The molecule has 2 aromatic rings. The molecule has 2 atom stereocenters. The quantitative estimate of drug-likeness (QED) is 0.453. The zero-order chi connectivity index (χ0) is 22.4. The highest BCUT2D eigenvalue weighted by atomic mass is 16.5. The van der Waals surface area contributed by atoms with Gasteiger partial charge in [-0.25, -0.2) is 9.67 Å². The average molecular weight is 440 g/mol. The van der Waals surface area contributed by atoms with Gasteiger partial charge in [-0.1, -0.05) is 37.3 Å². The summed E-state index contributed by atoms with van der Waals surface area (Å²) in [4.78, 5) is 9.12. The monoisotopic (exact) mass is 439 g/mol. The molecule has 0 aliphatic carbocycles. The standard InChI is InChI=1S/C24H37N7O/c1-4-21-28-22-11-10-20(16-31(22)30-21)27-23(25-3)26-17-24(12-14-32-15-13-24)29-18(2)19-8-6-5-7-9-19/h5-9,18,20,29H,4,10-17H2,1-3H3,(H2,25,26,27). The van der Waals surface area contributed by atoms with Crippen molar-refractivity contribution >= 4 is 5.96 Å². The van der Waals surface area contributed by atoms with Crippen LogP contribution in [-0.2, 0) is 24.1 Å². The number of nitrogens with one attached hydrogen (secondary N) is 3. The summed E-state index contributed by atoms with van der Waals surface area (Å²) in [5.74, 6) is 2.88. The molecule has 0 amide bonds. The van der Waals surface area contributed by atoms with Gasteiger partial charge in [0.25, 0.3) is 0 Å². The van der Waals surface area contributed by atoms with Gasteiger partial charge in [-0.15, -0.1) is 0 Å². The molecule has 32 heavy (non-hydrogen) atoms. The Kier molecular flexibility index (Phi) is 7.42. The summed E-state index contributed by atoms with van der Waals surface area (Å²) in [6.45, 7) is 7.52. The van der Waals surface area contributed by atoms with E-state index in [1.165, 1.54) is 5.56 Å². The third kappa shape index (κ3) is 5.48. The number of guanidine groups is 1. The van der Waals surface area contributed by atoms with Crippen LogP contribution in [0.25, 0.3) is 0 Å². The molecule has 0 spiro atoms. The average Bonchev–Trinajstić information content (AvgIpc) is 3.25. The molecule has 4 rings (SSSR count). The smallest absolute Gasteiger partial charge is 0.191 e. The van der Waals surface area contributed by atoms with Crippen molar-refractivity contribution in [3.05, 3.63) is 47.5 Å². The lowest BCUT2D eigenvalue weighted by molar-refractivity contribution is 0.0354. The lowest BCUT2D eigenvalue weighted by Gasteiger charge is -2.41. The van der Waals surface area contributed by atoms with Crippen LogP contribution in [0.4, 0.5) is 0 Å². The molecule has 1 saturated heterocycles. The van der Waals surface area contributed by atoms with Crippen LogP contribution in [0.5, 0.6) is 0 Å². The maximum Gasteiger partial charge on any atom is 0.191 e. The number of ether oxygens (including phenoxy) is 1. The largest absolute Gasteiger partial charge is 0.381 e. The van der Waals surface area contributed by atoms with E-state index >= 15 is 0 Å². The van der Waals surface area contributed by atoms with Crippen molar-refractivity contribution in [3.63, 3.8) is 0 Å². The van der Waals surface area contributed by atoms with Gasteiger partial charge in [0.05, 0.1) is 6.54 Å². The molecule has 174 valence electrons. The Hall–Kier alpha value is -2.45. The number of aliphatic imine (C=N–C) groups is 1. The molecule has 2 aliphatic rings. The van der Waals surface area contributed by atoms with Crippen molar-refractivity contribution in [2.75, 3.05) is 26.8 Å². The maximum atomic E-state index is 5.68. The summed E-state index contributed by atoms with van der Waals surface area (Å²) in [6, 6.07) is 11.2. The van der Waals surface area contributed by atoms with E-state index in [0.29, 0.717) is 6.04 Å². The third-order valence-corrected chi connectivity index (χ3v) is 6.65. The molecular weight excluding hydrogens is 402 g/mol. The van der Waals surface area contributed by atoms with Crippen LogP contribution in [0, 0.1) is 0 Å². The van der Waals surface area contributed by atoms with E-state index < -0.39 is 0 Å². The lowest BCUT2D eigenvalue weighted by atomic mass is 9.88. The van der Waals surface area contributed by atoms with Crippen LogP contribution in [0.15, 0.2) is 35.3 Å². The Balaban J connectivity index is 1.36. The minimum Gasteiger partial charge on any atom is -0.381 e. The van der Waals surface area contributed by atoms with Crippen LogP contribution in [-0.4, -0.2) is 59.1 Å². The van der Waals surface area contributed by atoms with E-state index in [4.69, 9.17) is 4.74 Å². The number of hydrogen-bond donors (Lipinski definition) is 3. The maximum absolute atomic E-state index is 5.68. The molecule has 1 fully saturated rings. The van der Waals surface area contributed by atoms with Gasteiger partial charge in [0.1, 0.15) is 5.82 Å². The van der Waals surface area contributed by atoms with Crippen molar-refractivity contribution in [3.8, 4) is 0 Å². The highest BCUT2D eigenvalue weighted by Crippen LogP contribution is 2.25. The fourth-order valence-electron chi connectivity index (χ4n) is 4.69. The van der Waals surface area contributed by atoms with E-state index in [1.54, 1.807) is 0 Å². The number of aryl methyl sites for hydroxylation is 2. The topological polar surface area (TPSA) is 88.4 Å².